The van der Waals surface area contributed by atoms with Crippen LogP contribution in [0.15, 0.2) is 42.5 Å². The fourth-order valence-electron chi connectivity index (χ4n) is 3.26. The fraction of sp³-hybridized carbons (Fsp3) is 0.440. The van der Waals surface area contributed by atoms with Crippen molar-refractivity contribution < 1.29 is 14.3 Å². The largest absolute Gasteiger partial charge is 0.483 e. The van der Waals surface area contributed by atoms with Crippen LogP contribution in [0.2, 0.25) is 5.02 Å². The van der Waals surface area contributed by atoms with Crippen LogP contribution in [0.4, 0.5) is 0 Å². The molecular weight excluding hydrogens is 412 g/mol. The van der Waals surface area contributed by atoms with Gasteiger partial charge >= 0.3 is 0 Å². The number of rotatable bonds is 8. The highest BCUT2D eigenvalue weighted by molar-refractivity contribution is 6.30. The summed E-state index contributed by atoms with van der Waals surface area (Å²) in [6.07, 6.45) is 0.491. The van der Waals surface area contributed by atoms with E-state index in [1.54, 1.807) is 17.0 Å². The standard InChI is InChI=1S/C25H33ClN2O3/c1-7-21(24(30)27-25(4,5)6)28(15-19-11-13-20(26)14-12-19)23(29)16-31-22-10-8-9-17(2)18(22)3/h8-14,21H,7,15-16H2,1-6H3,(H,27,30)/t21-/m0/s1. The van der Waals surface area contributed by atoms with Crippen molar-refractivity contribution >= 4 is 23.4 Å². The molecule has 2 aromatic rings. The minimum Gasteiger partial charge on any atom is -0.483 e. The van der Waals surface area contributed by atoms with Crippen molar-refractivity contribution in [2.45, 2.75) is 66.1 Å². The van der Waals surface area contributed by atoms with Gasteiger partial charge in [-0.2, -0.15) is 0 Å². The van der Waals surface area contributed by atoms with Crippen molar-refractivity contribution in [3.8, 4) is 5.75 Å². The van der Waals surface area contributed by atoms with Crippen LogP contribution < -0.4 is 10.1 Å². The highest BCUT2D eigenvalue weighted by Gasteiger charge is 2.31. The van der Waals surface area contributed by atoms with Gasteiger partial charge in [-0.05, 0) is 75.9 Å². The Morgan fingerprint density at radius 2 is 1.74 bits per heavy atom. The number of carbonyl (C=O) groups is 2. The van der Waals surface area contributed by atoms with Gasteiger partial charge in [0.05, 0.1) is 0 Å². The zero-order valence-corrected chi connectivity index (χ0v) is 20.0. The number of benzene rings is 2. The summed E-state index contributed by atoms with van der Waals surface area (Å²) in [5.41, 5.74) is 2.59. The molecule has 0 spiro atoms. The predicted octanol–water partition coefficient (Wildman–Crippen LogP) is 5.06. The van der Waals surface area contributed by atoms with E-state index in [-0.39, 0.29) is 18.4 Å². The van der Waals surface area contributed by atoms with E-state index in [1.165, 1.54) is 0 Å². The third-order valence-corrected chi connectivity index (χ3v) is 5.31. The molecule has 6 heteroatoms. The van der Waals surface area contributed by atoms with E-state index in [1.807, 2.05) is 71.9 Å². The van der Waals surface area contributed by atoms with Crippen LogP contribution in [0, 0.1) is 13.8 Å². The summed E-state index contributed by atoms with van der Waals surface area (Å²) in [4.78, 5) is 27.8. The summed E-state index contributed by atoms with van der Waals surface area (Å²) in [6.45, 7) is 11.8. The van der Waals surface area contributed by atoms with E-state index in [0.717, 1.165) is 16.7 Å². The maximum Gasteiger partial charge on any atom is 0.261 e. The molecule has 0 heterocycles. The van der Waals surface area contributed by atoms with Crippen LogP contribution in [0.25, 0.3) is 0 Å². The van der Waals surface area contributed by atoms with Gasteiger partial charge in [-0.3, -0.25) is 9.59 Å². The van der Waals surface area contributed by atoms with E-state index in [0.29, 0.717) is 23.7 Å². The van der Waals surface area contributed by atoms with Crippen LogP contribution in [-0.2, 0) is 16.1 Å². The molecule has 2 aromatic carbocycles. The monoisotopic (exact) mass is 444 g/mol. The molecule has 0 saturated carbocycles. The molecule has 1 N–H and O–H groups in total. The molecule has 0 aliphatic rings. The number of nitrogens with zero attached hydrogens (tertiary/aromatic N) is 1. The maximum atomic E-state index is 13.2. The van der Waals surface area contributed by atoms with Gasteiger partial charge in [-0.1, -0.05) is 42.8 Å². The van der Waals surface area contributed by atoms with E-state index < -0.39 is 11.6 Å². The van der Waals surface area contributed by atoms with Crippen LogP contribution in [0.5, 0.6) is 5.75 Å². The number of hydrogen-bond donors (Lipinski definition) is 1. The minimum atomic E-state index is -0.607. The Hall–Kier alpha value is -2.53. The van der Waals surface area contributed by atoms with Gasteiger partial charge in [0, 0.05) is 17.1 Å². The molecular formula is C25H33ClN2O3. The van der Waals surface area contributed by atoms with Crippen molar-refractivity contribution in [2.75, 3.05) is 6.61 Å². The van der Waals surface area contributed by atoms with Gasteiger partial charge in [-0.15, -0.1) is 0 Å². The average molecular weight is 445 g/mol. The lowest BCUT2D eigenvalue weighted by Gasteiger charge is -2.33. The molecule has 0 saturated heterocycles. The molecule has 2 amide bonds. The van der Waals surface area contributed by atoms with Crippen LogP contribution in [-0.4, -0.2) is 34.9 Å². The number of hydrogen-bond acceptors (Lipinski definition) is 3. The lowest BCUT2D eigenvalue weighted by Crippen LogP contribution is -2.54. The zero-order valence-electron chi connectivity index (χ0n) is 19.3. The van der Waals surface area contributed by atoms with E-state index >= 15 is 0 Å². The molecule has 0 unspecified atom stereocenters. The Balaban J connectivity index is 2.26. The van der Waals surface area contributed by atoms with Crippen LogP contribution in [0.3, 0.4) is 0 Å². The summed E-state index contributed by atoms with van der Waals surface area (Å²) in [7, 11) is 0. The van der Waals surface area contributed by atoms with Crippen LogP contribution >= 0.6 is 11.6 Å². The third kappa shape index (κ3) is 7.28. The molecule has 1 atom stereocenters. The second-order valence-corrected chi connectivity index (χ2v) is 9.23. The molecule has 5 nitrogen and oxygen atoms in total. The molecule has 31 heavy (non-hydrogen) atoms. The second-order valence-electron chi connectivity index (χ2n) is 8.80. The quantitative estimate of drug-likeness (QED) is 0.619. The maximum absolute atomic E-state index is 13.2. The molecule has 0 aliphatic carbocycles. The lowest BCUT2D eigenvalue weighted by molar-refractivity contribution is -0.143. The molecule has 0 radical (unpaired) electrons. The number of halogens is 1. The van der Waals surface area contributed by atoms with Crippen molar-refractivity contribution in [1.82, 2.24) is 10.2 Å². The predicted molar refractivity (Wildman–Crippen MR) is 125 cm³/mol. The Bertz CT molecular complexity index is 904. The summed E-state index contributed by atoms with van der Waals surface area (Å²) in [5, 5.41) is 3.62. The zero-order chi connectivity index (χ0) is 23.2. The van der Waals surface area contributed by atoms with Gasteiger partial charge in [0.25, 0.3) is 5.91 Å². The summed E-state index contributed by atoms with van der Waals surface area (Å²) < 4.78 is 5.85. The van der Waals surface area contributed by atoms with Gasteiger partial charge in [0.1, 0.15) is 11.8 Å². The average Bonchev–Trinajstić information content (AvgIpc) is 2.69. The van der Waals surface area contributed by atoms with Crippen molar-refractivity contribution in [3.63, 3.8) is 0 Å². The molecule has 0 bridgehead atoms. The fourth-order valence-corrected chi connectivity index (χ4v) is 3.39. The van der Waals surface area contributed by atoms with Crippen molar-refractivity contribution in [2.24, 2.45) is 0 Å². The first-order valence-electron chi connectivity index (χ1n) is 10.6. The van der Waals surface area contributed by atoms with E-state index in [4.69, 9.17) is 16.3 Å². The highest BCUT2D eigenvalue weighted by atomic mass is 35.5. The van der Waals surface area contributed by atoms with Gasteiger partial charge in [0.15, 0.2) is 6.61 Å². The first-order chi connectivity index (χ1) is 14.5. The molecule has 2 rings (SSSR count). The van der Waals surface area contributed by atoms with E-state index in [9.17, 15) is 9.59 Å². The molecule has 0 aromatic heterocycles. The lowest BCUT2D eigenvalue weighted by atomic mass is 10.1. The summed E-state index contributed by atoms with van der Waals surface area (Å²) in [6, 6.07) is 12.4. The Kier molecular flexibility index (Phi) is 8.52. The molecule has 0 fully saturated rings. The first-order valence-corrected chi connectivity index (χ1v) is 10.9. The van der Waals surface area contributed by atoms with Gasteiger partial charge in [0.2, 0.25) is 5.91 Å². The number of nitrogens with one attached hydrogen (secondary N) is 1. The third-order valence-electron chi connectivity index (χ3n) is 5.06. The minimum absolute atomic E-state index is 0.142. The Morgan fingerprint density at radius 1 is 1.10 bits per heavy atom. The second kappa shape index (κ2) is 10.7. The van der Waals surface area contributed by atoms with Crippen LogP contribution in [0.1, 0.15) is 50.8 Å². The molecule has 0 aliphatic heterocycles. The number of amides is 2. The highest BCUT2D eigenvalue weighted by Crippen LogP contribution is 2.21. The van der Waals surface area contributed by atoms with E-state index in [2.05, 4.69) is 5.32 Å². The van der Waals surface area contributed by atoms with Crippen molar-refractivity contribution in [1.29, 1.82) is 0 Å². The SMILES string of the molecule is CC[C@@H](C(=O)NC(C)(C)C)N(Cc1ccc(Cl)cc1)C(=O)COc1cccc(C)c1C. The number of aryl methyl sites for hydroxylation is 1. The summed E-state index contributed by atoms with van der Waals surface area (Å²) >= 11 is 6.00. The first kappa shape index (κ1) is 24.7. The van der Waals surface area contributed by atoms with Gasteiger partial charge in [-0.25, -0.2) is 0 Å². The number of carbonyl (C=O) groups excluding carboxylic acids is 2. The van der Waals surface area contributed by atoms with Crippen molar-refractivity contribution in [3.05, 3.63) is 64.2 Å². The van der Waals surface area contributed by atoms with Gasteiger partial charge < -0.3 is 15.0 Å². The Morgan fingerprint density at radius 3 is 2.32 bits per heavy atom. The Labute approximate surface area is 190 Å². The number of ether oxygens (including phenoxy) is 1. The topological polar surface area (TPSA) is 58.6 Å². The molecule has 168 valence electrons. The smallest absolute Gasteiger partial charge is 0.261 e. The normalized spacial score (nSPS) is 12.2. The summed E-state index contributed by atoms with van der Waals surface area (Å²) in [5.74, 6) is 0.253.